The van der Waals surface area contributed by atoms with Crippen LogP contribution in [0.3, 0.4) is 0 Å². The first-order chi connectivity index (χ1) is 8.56. The van der Waals surface area contributed by atoms with Crippen LogP contribution in [0.25, 0.3) is 0 Å². The molecule has 0 bridgehead atoms. The van der Waals surface area contributed by atoms with E-state index in [0.29, 0.717) is 18.9 Å². The number of likely N-dealkylation sites (N-methyl/N-ethyl adjacent to an activating group) is 2. The van der Waals surface area contributed by atoms with Crippen LogP contribution < -0.4 is 11.3 Å². The minimum Gasteiger partial charge on any atom is -0.348 e. The molecule has 0 radical (unpaired) electrons. The predicted molar refractivity (Wildman–Crippen MR) is 71.7 cm³/mol. The van der Waals surface area contributed by atoms with Crippen LogP contribution in [-0.4, -0.2) is 47.9 Å². The largest absolute Gasteiger partial charge is 0.348 e. The number of nitrogens with zero attached hydrogens (tertiary/aromatic N) is 3. The van der Waals surface area contributed by atoms with Crippen molar-refractivity contribution in [2.45, 2.75) is 13.5 Å². The number of rotatable bonds is 6. The van der Waals surface area contributed by atoms with Crippen molar-refractivity contribution in [1.82, 2.24) is 14.8 Å². The Morgan fingerprint density at radius 2 is 2.22 bits per heavy atom. The zero-order valence-corrected chi connectivity index (χ0v) is 11.2. The fourth-order valence-electron chi connectivity index (χ4n) is 1.52. The van der Waals surface area contributed by atoms with Crippen LogP contribution in [0.2, 0.25) is 0 Å². The van der Waals surface area contributed by atoms with E-state index < -0.39 is 0 Å². The van der Waals surface area contributed by atoms with Gasteiger partial charge in [0.15, 0.2) is 0 Å². The molecule has 100 valence electrons. The molecule has 18 heavy (non-hydrogen) atoms. The molecular formula is C12H21N5O. The highest BCUT2D eigenvalue weighted by Crippen LogP contribution is 2.08. The SMILES string of the molecule is CCN(CC(=O)N(C)C)Cc1ccnc(NN)c1. The highest BCUT2D eigenvalue weighted by molar-refractivity contribution is 5.77. The highest BCUT2D eigenvalue weighted by atomic mass is 16.2. The van der Waals surface area contributed by atoms with Gasteiger partial charge >= 0.3 is 0 Å². The Bertz CT molecular complexity index is 394. The zero-order valence-electron chi connectivity index (χ0n) is 11.2. The minimum absolute atomic E-state index is 0.100. The van der Waals surface area contributed by atoms with E-state index in [9.17, 15) is 4.79 Å². The smallest absolute Gasteiger partial charge is 0.236 e. The van der Waals surface area contributed by atoms with Crippen molar-refractivity contribution < 1.29 is 4.79 Å². The van der Waals surface area contributed by atoms with Gasteiger partial charge in [0, 0.05) is 26.8 Å². The maximum Gasteiger partial charge on any atom is 0.236 e. The molecule has 0 aromatic carbocycles. The molecule has 1 heterocycles. The number of hydrogen-bond acceptors (Lipinski definition) is 5. The van der Waals surface area contributed by atoms with Gasteiger partial charge < -0.3 is 10.3 Å². The quantitative estimate of drug-likeness (QED) is 0.561. The average molecular weight is 251 g/mol. The summed E-state index contributed by atoms with van der Waals surface area (Å²) in [6.07, 6.45) is 1.70. The van der Waals surface area contributed by atoms with Crippen LogP contribution in [0.5, 0.6) is 0 Å². The summed E-state index contributed by atoms with van der Waals surface area (Å²) in [4.78, 5) is 19.4. The molecule has 0 spiro atoms. The molecule has 0 atom stereocenters. The predicted octanol–water partition coefficient (Wildman–Crippen LogP) is 0.277. The van der Waals surface area contributed by atoms with Gasteiger partial charge in [0.25, 0.3) is 0 Å². The lowest BCUT2D eigenvalue weighted by molar-refractivity contribution is -0.130. The Balaban J connectivity index is 2.64. The molecule has 1 aromatic rings. The van der Waals surface area contributed by atoms with Crippen molar-refractivity contribution >= 4 is 11.7 Å². The number of hydrogen-bond donors (Lipinski definition) is 2. The van der Waals surface area contributed by atoms with Crippen molar-refractivity contribution in [2.24, 2.45) is 5.84 Å². The molecule has 0 saturated carbocycles. The van der Waals surface area contributed by atoms with E-state index in [1.807, 2.05) is 19.1 Å². The third-order valence-corrected chi connectivity index (χ3v) is 2.68. The standard InChI is InChI=1S/C12H21N5O/c1-4-17(9-12(18)16(2)3)8-10-5-6-14-11(7-10)15-13/h5-7H,4,8-9,13H2,1-3H3,(H,14,15). The highest BCUT2D eigenvalue weighted by Gasteiger charge is 2.11. The molecule has 0 saturated heterocycles. The Kier molecular flexibility index (Phi) is 5.54. The van der Waals surface area contributed by atoms with E-state index in [1.54, 1.807) is 25.2 Å². The maximum atomic E-state index is 11.7. The number of nitrogens with one attached hydrogen (secondary N) is 1. The van der Waals surface area contributed by atoms with Gasteiger partial charge in [0.05, 0.1) is 6.54 Å². The van der Waals surface area contributed by atoms with E-state index in [1.165, 1.54) is 0 Å². The summed E-state index contributed by atoms with van der Waals surface area (Å²) in [7, 11) is 3.53. The number of carbonyl (C=O) groups excluding carboxylic acids is 1. The number of amides is 1. The first kappa shape index (κ1) is 14.4. The summed E-state index contributed by atoms with van der Waals surface area (Å²) in [5.74, 6) is 6.04. The minimum atomic E-state index is 0.100. The molecule has 6 heteroatoms. The number of aromatic nitrogens is 1. The average Bonchev–Trinajstić information content (AvgIpc) is 2.37. The molecule has 0 aliphatic carbocycles. The fourth-order valence-corrected chi connectivity index (χ4v) is 1.52. The van der Waals surface area contributed by atoms with Crippen LogP contribution in [0.4, 0.5) is 5.82 Å². The third kappa shape index (κ3) is 4.31. The Morgan fingerprint density at radius 3 is 2.78 bits per heavy atom. The van der Waals surface area contributed by atoms with E-state index in [0.717, 1.165) is 12.1 Å². The van der Waals surface area contributed by atoms with E-state index in [2.05, 4.69) is 15.3 Å². The molecule has 3 N–H and O–H groups in total. The summed E-state index contributed by atoms with van der Waals surface area (Å²) in [5, 5.41) is 0. The van der Waals surface area contributed by atoms with Crippen LogP contribution in [0, 0.1) is 0 Å². The van der Waals surface area contributed by atoms with E-state index in [4.69, 9.17) is 5.84 Å². The normalized spacial score (nSPS) is 10.5. The van der Waals surface area contributed by atoms with Crippen molar-refractivity contribution in [2.75, 3.05) is 32.6 Å². The number of nitrogen functional groups attached to an aromatic ring is 1. The second-order valence-electron chi connectivity index (χ2n) is 4.29. The van der Waals surface area contributed by atoms with Gasteiger partial charge in [-0.2, -0.15) is 0 Å². The van der Waals surface area contributed by atoms with Gasteiger partial charge in [-0.15, -0.1) is 0 Å². The summed E-state index contributed by atoms with van der Waals surface area (Å²) in [6, 6.07) is 3.80. The fraction of sp³-hybridized carbons (Fsp3) is 0.500. The molecule has 0 fully saturated rings. The van der Waals surface area contributed by atoms with Crippen molar-refractivity contribution in [3.63, 3.8) is 0 Å². The molecule has 1 aromatic heterocycles. The molecule has 1 amide bonds. The van der Waals surface area contributed by atoms with E-state index >= 15 is 0 Å². The lowest BCUT2D eigenvalue weighted by atomic mass is 10.2. The second-order valence-corrected chi connectivity index (χ2v) is 4.29. The molecule has 1 rings (SSSR count). The van der Waals surface area contributed by atoms with Crippen molar-refractivity contribution in [3.8, 4) is 0 Å². The zero-order chi connectivity index (χ0) is 13.5. The van der Waals surface area contributed by atoms with Gasteiger partial charge in [0.2, 0.25) is 5.91 Å². The number of carbonyl (C=O) groups is 1. The Labute approximate surface area is 108 Å². The van der Waals surface area contributed by atoms with Crippen LogP contribution in [0.1, 0.15) is 12.5 Å². The Morgan fingerprint density at radius 1 is 1.50 bits per heavy atom. The van der Waals surface area contributed by atoms with Crippen LogP contribution >= 0.6 is 0 Å². The van der Waals surface area contributed by atoms with Crippen LogP contribution in [0.15, 0.2) is 18.3 Å². The second kappa shape index (κ2) is 6.93. The van der Waals surface area contributed by atoms with E-state index in [-0.39, 0.29) is 5.91 Å². The first-order valence-corrected chi connectivity index (χ1v) is 5.90. The maximum absolute atomic E-state index is 11.7. The van der Waals surface area contributed by atoms with Gasteiger partial charge in [-0.05, 0) is 24.2 Å². The van der Waals surface area contributed by atoms with Gasteiger partial charge in [-0.1, -0.05) is 6.92 Å². The third-order valence-electron chi connectivity index (χ3n) is 2.68. The number of anilines is 1. The summed E-state index contributed by atoms with van der Waals surface area (Å²) in [5.41, 5.74) is 3.59. The molecule has 0 aliphatic rings. The Hall–Kier alpha value is -1.66. The molecule has 0 aliphatic heterocycles. The first-order valence-electron chi connectivity index (χ1n) is 5.90. The molecule has 6 nitrogen and oxygen atoms in total. The van der Waals surface area contributed by atoms with Crippen molar-refractivity contribution in [3.05, 3.63) is 23.9 Å². The number of nitrogens with two attached hydrogens (primary N) is 1. The molecule has 0 unspecified atom stereocenters. The summed E-state index contributed by atoms with van der Waals surface area (Å²) >= 11 is 0. The monoisotopic (exact) mass is 251 g/mol. The topological polar surface area (TPSA) is 74.5 Å². The summed E-state index contributed by atoms with van der Waals surface area (Å²) in [6.45, 7) is 3.96. The lowest BCUT2D eigenvalue weighted by Crippen LogP contribution is -2.36. The molecular weight excluding hydrogens is 230 g/mol. The van der Waals surface area contributed by atoms with Gasteiger partial charge in [-0.3, -0.25) is 9.69 Å². The number of hydrazine groups is 1. The van der Waals surface area contributed by atoms with Gasteiger partial charge in [-0.25, -0.2) is 10.8 Å². The number of pyridine rings is 1. The van der Waals surface area contributed by atoms with Crippen LogP contribution in [-0.2, 0) is 11.3 Å². The lowest BCUT2D eigenvalue weighted by Gasteiger charge is -2.22. The summed E-state index contributed by atoms with van der Waals surface area (Å²) < 4.78 is 0. The van der Waals surface area contributed by atoms with Crippen molar-refractivity contribution in [1.29, 1.82) is 0 Å². The van der Waals surface area contributed by atoms with Gasteiger partial charge in [0.1, 0.15) is 5.82 Å².